The highest BCUT2D eigenvalue weighted by atomic mass is 15.1. The molecule has 2 aliphatic heterocycles. The quantitative estimate of drug-likeness (QED) is 0.583. The van der Waals surface area contributed by atoms with E-state index in [-0.39, 0.29) is 6.04 Å². The first-order valence-corrected chi connectivity index (χ1v) is 4.10. The average Bonchev–Trinajstić information content (AvgIpc) is 2.53. The van der Waals surface area contributed by atoms with E-state index in [9.17, 15) is 0 Å². The third-order valence-electron chi connectivity index (χ3n) is 1.89. The molecular formula is C8H10N4. The van der Waals surface area contributed by atoms with Crippen LogP contribution >= 0.6 is 0 Å². The highest BCUT2D eigenvalue weighted by Crippen LogP contribution is 2.12. The molecule has 0 amide bonds. The Morgan fingerprint density at radius 1 is 1.33 bits per heavy atom. The predicted octanol–water partition coefficient (Wildman–Crippen LogP) is 1.08. The first kappa shape index (κ1) is 7.34. The normalized spacial score (nSPS) is 25.2. The summed E-state index contributed by atoms with van der Waals surface area (Å²) in [6.07, 6.45) is 5.20. The van der Waals surface area contributed by atoms with Gasteiger partial charge >= 0.3 is 0 Å². The maximum Gasteiger partial charge on any atom is 0.162 e. The number of nitrogens with zero attached hydrogens (tertiary/aromatic N) is 4. The van der Waals surface area contributed by atoms with E-state index in [0.717, 1.165) is 24.4 Å². The highest BCUT2D eigenvalue weighted by molar-refractivity contribution is 6.20. The molecule has 2 rings (SSSR count). The van der Waals surface area contributed by atoms with Crippen molar-refractivity contribution in [3.05, 3.63) is 0 Å². The van der Waals surface area contributed by atoms with Gasteiger partial charge in [-0.1, -0.05) is 13.3 Å². The minimum atomic E-state index is 0.0231. The molecule has 4 heteroatoms. The third-order valence-corrected chi connectivity index (χ3v) is 1.89. The van der Waals surface area contributed by atoms with Crippen molar-refractivity contribution in [2.75, 3.05) is 0 Å². The van der Waals surface area contributed by atoms with E-state index in [1.165, 1.54) is 0 Å². The second kappa shape index (κ2) is 2.97. The summed E-state index contributed by atoms with van der Waals surface area (Å²) in [5.41, 5.74) is 1.08. The number of hydrogen-bond acceptors (Lipinski definition) is 4. The number of rotatable bonds is 2. The molecule has 2 heterocycles. The Bertz CT molecular complexity index is 298. The number of hydrogen-bond donors (Lipinski definition) is 0. The molecule has 0 aromatic carbocycles. The summed E-state index contributed by atoms with van der Waals surface area (Å²) < 4.78 is 0. The van der Waals surface area contributed by atoms with Gasteiger partial charge in [-0.2, -0.15) is 0 Å². The van der Waals surface area contributed by atoms with Gasteiger partial charge in [-0.25, -0.2) is 15.0 Å². The van der Waals surface area contributed by atoms with Gasteiger partial charge in [-0.3, -0.25) is 4.99 Å². The minimum absolute atomic E-state index is 0.0231. The molecule has 0 aromatic rings. The Hall–Kier alpha value is -1.32. The SMILES string of the molecule is CCCC1=NC=NC2=NC=NC12. The first-order valence-electron chi connectivity index (χ1n) is 4.10. The summed E-state index contributed by atoms with van der Waals surface area (Å²) in [6, 6.07) is 0.0231. The maximum absolute atomic E-state index is 4.19. The van der Waals surface area contributed by atoms with Crippen molar-refractivity contribution >= 4 is 24.2 Å². The zero-order valence-electron chi connectivity index (χ0n) is 6.94. The van der Waals surface area contributed by atoms with Crippen LogP contribution in [0.5, 0.6) is 0 Å². The summed E-state index contributed by atoms with van der Waals surface area (Å²) in [4.78, 5) is 16.4. The second-order valence-corrected chi connectivity index (χ2v) is 2.77. The smallest absolute Gasteiger partial charge is 0.162 e. The van der Waals surface area contributed by atoms with Crippen molar-refractivity contribution in [1.82, 2.24) is 0 Å². The third kappa shape index (κ3) is 1.09. The Labute approximate surface area is 70.9 Å². The maximum atomic E-state index is 4.19. The summed E-state index contributed by atoms with van der Waals surface area (Å²) in [5, 5.41) is 0. The van der Waals surface area contributed by atoms with Crippen molar-refractivity contribution < 1.29 is 0 Å². The Morgan fingerprint density at radius 3 is 3.08 bits per heavy atom. The first-order chi connectivity index (χ1) is 5.92. The Balaban J connectivity index is 2.23. The summed E-state index contributed by atoms with van der Waals surface area (Å²) in [5.74, 6) is 0.786. The number of amidine groups is 1. The number of aliphatic imine (C=N–C) groups is 4. The molecular weight excluding hydrogens is 152 g/mol. The molecule has 0 fully saturated rings. The van der Waals surface area contributed by atoms with Crippen LogP contribution in [0.3, 0.4) is 0 Å². The van der Waals surface area contributed by atoms with Crippen molar-refractivity contribution in [2.24, 2.45) is 20.0 Å². The van der Waals surface area contributed by atoms with Crippen molar-refractivity contribution in [2.45, 2.75) is 25.8 Å². The molecule has 0 saturated heterocycles. The largest absolute Gasteiger partial charge is 0.256 e. The van der Waals surface area contributed by atoms with Crippen molar-refractivity contribution in [1.29, 1.82) is 0 Å². The summed E-state index contributed by atoms with van der Waals surface area (Å²) in [7, 11) is 0. The molecule has 4 nitrogen and oxygen atoms in total. The lowest BCUT2D eigenvalue weighted by Gasteiger charge is -2.12. The fourth-order valence-electron chi connectivity index (χ4n) is 1.33. The van der Waals surface area contributed by atoms with Gasteiger partial charge in [0, 0.05) is 0 Å². The highest BCUT2D eigenvalue weighted by Gasteiger charge is 2.24. The van der Waals surface area contributed by atoms with Crippen LogP contribution in [0.4, 0.5) is 0 Å². The van der Waals surface area contributed by atoms with Crippen LogP contribution in [0.25, 0.3) is 0 Å². The van der Waals surface area contributed by atoms with Crippen LogP contribution in [-0.4, -0.2) is 30.3 Å². The van der Waals surface area contributed by atoms with E-state index >= 15 is 0 Å². The molecule has 0 N–H and O–H groups in total. The lowest BCUT2D eigenvalue weighted by atomic mass is 10.1. The van der Waals surface area contributed by atoms with Crippen LogP contribution < -0.4 is 0 Å². The van der Waals surface area contributed by atoms with Crippen molar-refractivity contribution in [3.8, 4) is 0 Å². The van der Waals surface area contributed by atoms with E-state index in [1.807, 2.05) is 0 Å². The van der Waals surface area contributed by atoms with E-state index in [0.29, 0.717) is 0 Å². The minimum Gasteiger partial charge on any atom is -0.256 e. The zero-order chi connectivity index (χ0) is 8.39. The van der Waals surface area contributed by atoms with Gasteiger partial charge in [-0.05, 0) is 6.42 Å². The van der Waals surface area contributed by atoms with E-state index < -0.39 is 0 Å². The molecule has 12 heavy (non-hydrogen) atoms. The fraction of sp³-hybridized carbons (Fsp3) is 0.500. The second-order valence-electron chi connectivity index (χ2n) is 2.77. The summed E-state index contributed by atoms with van der Waals surface area (Å²) in [6.45, 7) is 2.13. The van der Waals surface area contributed by atoms with Crippen LogP contribution in [0.1, 0.15) is 19.8 Å². The Morgan fingerprint density at radius 2 is 2.25 bits per heavy atom. The molecule has 2 aliphatic rings. The predicted molar refractivity (Wildman–Crippen MR) is 50.6 cm³/mol. The number of fused-ring (bicyclic) bond motifs is 1. The topological polar surface area (TPSA) is 49.4 Å². The van der Waals surface area contributed by atoms with E-state index in [4.69, 9.17) is 0 Å². The van der Waals surface area contributed by atoms with Crippen LogP contribution in [0.15, 0.2) is 20.0 Å². The van der Waals surface area contributed by atoms with E-state index in [2.05, 4.69) is 26.9 Å². The van der Waals surface area contributed by atoms with Gasteiger partial charge in [0.1, 0.15) is 18.7 Å². The van der Waals surface area contributed by atoms with Gasteiger partial charge in [0.2, 0.25) is 0 Å². The van der Waals surface area contributed by atoms with Gasteiger partial charge in [0.25, 0.3) is 0 Å². The van der Waals surface area contributed by atoms with Crippen LogP contribution in [0, 0.1) is 0 Å². The van der Waals surface area contributed by atoms with Crippen LogP contribution in [-0.2, 0) is 0 Å². The molecule has 0 saturated carbocycles. The van der Waals surface area contributed by atoms with E-state index in [1.54, 1.807) is 12.7 Å². The molecule has 62 valence electrons. The van der Waals surface area contributed by atoms with Gasteiger partial charge in [-0.15, -0.1) is 0 Å². The van der Waals surface area contributed by atoms with Crippen LogP contribution in [0.2, 0.25) is 0 Å². The Kier molecular flexibility index (Phi) is 1.81. The van der Waals surface area contributed by atoms with Crippen molar-refractivity contribution in [3.63, 3.8) is 0 Å². The molecule has 0 radical (unpaired) electrons. The van der Waals surface area contributed by atoms with Gasteiger partial charge in [0.15, 0.2) is 5.84 Å². The lowest BCUT2D eigenvalue weighted by Crippen LogP contribution is -2.27. The molecule has 0 aromatic heterocycles. The van der Waals surface area contributed by atoms with Gasteiger partial charge in [0.05, 0.1) is 5.71 Å². The summed E-state index contributed by atoms with van der Waals surface area (Å²) >= 11 is 0. The van der Waals surface area contributed by atoms with Gasteiger partial charge < -0.3 is 0 Å². The lowest BCUT2D eigenvalue weighted by molar-refractivity contribution is 0.951. The molecule has 0 spiro atoms. The molecule has 1 unspecified atom stereocenters. The average molecular weight is 162 g/mol. The molecule has 0 aliphatic carbocycles. The molecule has 1 atom stereocenters. The monoisotopic (exact) mass is 162 g/mol. The standard InChI is InChI=1S/C8H10N4/c1-2-3-6-7-8(11-4-9-6)12-5-10-7/h4-5,7H,2-3H2,1H3. The molecule has 0 bridgehead atoms. The fourth-order valence-corrected chi connectivity index (χ4v) is 1.33. The zero-order valence-corrected chi connectivity index (χ0v) is 6.94.